The van der Waals surface area contributed by atoms with Crippen molar-refractivity contribution in [1.82, 2.24) is 10.2 Å². The van der Waals surface area contributed by atoms with Gasteiger partial charge in [-0.3, -0.25) is 14.4 Å². The van der Waals surface area contributed by atoms with E-state index in [0.29, 0.717) is 19.4 Å². The van der Waals surface area contributed by atoms with E-state index in [1.807, 2.05) is 0 Å². The molecule has 1 saturated heterocycles. The Morgan fingerprint density at radius 1 is 1.23 bits per heavy atom. The second-order valence-corrected chi connectivity index (χ2v) is 5.59. The van der Waals surface area contributed by atoms with Crippen molar-refractivity contribution >= 4 is 17.7 Å². The van der Waals surface area contributed by atoms with E-state index >= 15 is 0 Å². The molecular formula is C13H24N4O5. The maximum Gasteiger partial charge on any atom is 0.243 e. The quantitative estimate of drug-likeness (QED) is 0.352. The third-order valence-electron chi connectivity index (χ3n) is 3.73. The van der Waals surface area contributed by atoms with Gasteiger partial charge in [0.2, 0.25) is 17.7 Å². The molecule has 1 aliphatic heterocycles. The van der Waals surface area contributed by atoms with Gasteiger partial charge in [-0.1, -0.05) is 0 Å². The first-order valence-corrected chi connectivity index (χ1v) is 7.18. The third-order valence-corrected chi connectivity index (χ3v) is 3.73. The molecule has 9 heteroatoms. The zero-order valence-electron chi connectivity index (χ0n) is 12.7. The first-order valence-electron chi connectivity index (χ1n) is 7.18. The normalized spacial score (nSPS) is 23.5. The van der Waals surface area contributed by atoms with Crippen LogP contribution in [0.4, 0.5) is 0 Å². The number of hydrogen-bond acceptors (Lipinski definition) is 6. The molecule has 9 nitrogen and oxygen atoms in total. The number of nitrogens with zero attached hydrogens (tertiary/aromatic N) is 1. The maximum atomic E-state index is 12.2. The summed E-state index contributed by atoms with van der Waals surface area (Å²) < 4.78 is 0. The van der Waals surface area contributed by atoms with E-state index in [0.717, 1.165) is 0 Å². The number of carbonyl (C=O) groups is 3. The predicted molar refractivity (Wildman–Crippen MR) is 77.2 cm³/mol. The molecular weight excluding hydrogens is 292 g/mol. The lowest BCUT2D eigenvalue weighted by atomic mass is 10.1. The molecule has 0 bridgehead atoms. The number of carbonyl (C=O) groups excluding carboxylic acids is 3. The monoisotopic (exact) mass is 316 g/mol. The first-order chi connectivity index (χ1) is 10.2. The van der Waals surface area contributed by atoms with Crippen LogP contribution in [0.1, 0.15) is 26.7 Å². The van der Waals surface area contributed by atoms with Crippen molar-refractivity contribution in [3.63, 3.8) is 0 Å². The zero-order chi connectivity index (χ0) is 17.0. The highest BCUT2D eigenvalue weighted by Gasteiger charge is 2.38. The van der Waals surface area contributed by atoms with Gasteiger partial charge in [0.25, 0.3) is 0 Å². The highest BCUT2D eigenvalue weighted by molar-refractivity contribution is 5.93. The molecule has 3 amide bonds. The fourth-order valence-electron chi connectivity index (χ4n) is 2.38. The number of nitrogens with one attached hydrogen (secondary N) is 1. The summed E-state index contributed by atoms with van der Waals surface area (Å²) in [4.78, 5) is 36.9. The zero-order valence-corrected chi connectivity index (χ0v) is 12.7. The van der Waals surface area contributed by atoms with E-state index in [4.69, 9.17) is 11.5 Å². The van der Waals surface area contributed by atoms with Gasteiger partial charge in [-0.2, -0.15) is 0 Å². The summed E-state index contributed by atoms with van der Waals surface area (Å²) in [5.41, 5.74) is 10.7. The molecule has 22 heavy (non-hydrogen) atoms. The molecule has 5 atom stereocenters. The standard InChI is InChI=1S/C13H24N4O5/c1-6(18)9(14)13(22)17-5-3-4-8(17)12(21)16-10(7(2)19)11(15)20/h6-10,18-19H,3-5,14H2,1-2H3,(H2,15,20)(H,16,21)/t6-,7-,8+,9+,10+/m1/s1. The Labute approximate surface area is 128 Å². The number of rotatable bonds is 6. The molecule has 0 aromatic carbocycles. The van der Waals surface area contributed by atoms with Crippen molar-refractivity contribution in [3.05, 3.63) is 0 Å². The van der Waals surface area contributed by atoms with Gasteiger partial charge in [-0.25, -0.2) is 0 Å². The minimum Gasteiger partial charge on any atom is -0.391 e. The van der Waals surface area contributed by atoms with Gasteiger partial charge in [0, 0.05) is 6.54 Å². The largest absolute Gasteiger partial charge is 0.391 e. The Morgan fingerprint density at radius 2 is 1.82 bits per heavy atom. The van der Waals surface area contributed by atoms with Crippen LogP contribution in [0.15, 0.2) is 0 Å². The Hall–Kier alpha value is -1.71. The molecule has 1 aliphatic rings. The van der Waals surface area contributed by atoms with Gasteiger partial charge in [0.05, 0.1) is 12.2 Å². The van der Waals surface area contributed by atoms with Crippen molar-refractivity contribution in [3.8, 4) is 0 Å². The Balaban J connectivity index is 2.79. The number of likely N-dealkylation sites (tertiary alicyclic amines) is 1. The van der Waals surface area contributed by atoms with Crippen LogP contribution < -0.4 is 16.8 Å². The second kappa shape index (κ2) is 7.52. The molecule has 0 aromatic rings. The molecule has 126 valence electrons. The average molecular weight is 316 g/mol. The van der Waals surface area contributed by atoms with Gasteiger partial charge in [-0.05, 0) is 26.7 Å². The van der Waals surface area contributed by atoms with Crippen LogP contribution in [-0.2, 0) is 14.4 Å². The van der Waals surface area contributed by atoms with Gasteiger partial charge in [0.1, 0.15) is 18.1 Å². The smallest absolute Gasteiger partial charge is 0.243 e. The van der Waals surface area contributed by atoms with E-state index in [9.17, 15) is 24.6 Å². The topological polar surface area (TPSA) is 159 Å². The molecule has 0 aromatic heterocycles. The van der Waals surface area contributed by atoms with Crippen LogP contribution in [0.3, 0.4) is 0 Å². The molecule has 1 fully saturated rings. The summed E-state index contributed by atoms with van der Waals surface area (Å²) in [6, 6.07) is -3.13. The average Bonchev–Trinajstić information content (AvgIpc) is 2.91. The summed E-state index contributed by atoms with van der Waals surface area (Å²) in [6.07, 6.45) is -1.17. The fraction of sp³-hybridized carbons (Fsp3) is 0.769. The van der Waals surface area contributed by atoms with E-state index in [1.54, 1.807) is 0 Å². The Bertz CT molecular complexity index is 440. The van der Waals surface area contributed by atoms with E-state index < -0.39 is 48.1 Å². The highest BCUT2D eigenvalue weighted by Crippen LogP contribution is 2.19. The fourth-order valence-corrected chi connectivity index (χ4v) is 2.38. The number of nitrogens with two attached hydrogens (primary N) is 2. The summed E-state index contributed by atoms with van der Waals surface area (Å²) in [7, 11) is 0. The number of primary amides is 1. The lowest BCUT2D eigenvalue weighted by Crippen LogP contribution is -2.58. The van der Waals surface area contributed by atoms with Crippen molar-refractivity contribution < 1.29 is 24.6 Å². The second-order valence-electron chi connectivity index (χ2n) is 5.59. The minimum absolute atomic E-state index is 0.341. The minimum atomic E-state index is -1.23. The van der Waals surface area contributed by atoms with E-state index in [1.165, 1.54) is 18.7 Å². The highest BCUT2D eigenvalue weighted by atomic mass is 16.3. The summed E-state index contributed by atoms with van der Waals surface area (Å²) in [6.45, 7) is 3.06. The van der Waals surface area contributed by atoms with Gasteiger partial charge < -0.3 is 31.9 Å². The van der Waals surface area contributed by atoms with Crippen LogP contribution in [0.2, 0.25) is 0 Å². The molecule has 0 saturated carbocycles. The SMILES string of the molecule is C[C@@H](O)[C@H](N)C(=O)N1CCC[C@H]1C(=O)N[C@H](C(N)=O)[C@@H](C)O. The van der Waals surface area contributed by atoms with Crippen molar-refractivity contribution in [2.24, 2.45) is 11.5 Å². The van der Waals surface area contributed by atoms with Crippen LogP contribution in [0.25, 0.3) is 0 Å². The molecule has 0 unspecified atom stereocenters. The summed E-state index contributed by atoms with van der Waals surface area (Å²) in [5, 5.41) is 21.2. The van der Waals surface area contributed by atoms with Gasteiger partial charge >= 0.3 is 0 Å². The van der Waals surface area contributed by atoms with Gasteiger partial charge in [0.15, 0.2) is 0 Å². The van der Waals surface area contributed by atoms with Crippen LogP contribution in [0.5, 0.6) is 0 Å². The maximum absolute atomic E-state index is 12.2. The number of amides is 3. The Morgan fingerprint density at radius 3 is 2.27 bits per heavy atom. The number of aliphatic hydroxyl groups is 2. The first kappa shape index (κ1) is 18.3. The molecule has 0 radical (unpaired) electrons. The van der Waals surface area contributed by atoms with E-state index in [2.05, 4.69) is 5.32 Å². The summed E-state index contributed by atoms with van der Waals surface area (Å²) in [5.74, 6) is -1.96. The van der Waals surface area contributed by atoms with Gasteiger partial charge in [-0.15, -0.1) is 0 Å². The van der Waals surface area contributed by atoms with Crippen LogP contribution in [-0.4, -0.2) is 69.7 Å². The van der Waals surface area contributed by atoms with Crippen LogP contribution in [0, 0.1) is 0 Å². The molecule has 1 heterocycles. The Kier molecular flexibility index (Phi) is 6.27. The molecule has 0 spiro atoms. The summed E-state index contributed by atoms with van der Waals surface area (Å²) >= 11 is 0. The lowest BCUT2D eigenvalue weighted by molar-refractivity contribution is -0.142. The van der Waals surface area contributed by atoms with Crippen LogP contribution >= 0.6 is 0 Å². The third kappa shape index (κ3) is 4.15. The number of hydrogen-bond donors (Lipinski definition) is 5. The van der Waals surface area contributed by atoms with Crippen molar-refractivity contribution in [2.45, 2.75) is 57.0 Å². The lowest BCUT2D eigenvalue weighted by Gasteiger charge is -2.29. The molecule has 0 aliphatic carbocycles. The van der Waals surface area contributed by atoms with Crippen molar-refractivity contribution in [2.75, 3.05) is 6.54 Å². The van der Waals surface area contributed by atoms with Crippen molar-refractivity contribution in [1.29, 1.82) is 0 Å². The predicted octanol–water partition coefficient (Wildman–Crippen LogP) is -2.96. The molecule has 7 N–H and O–H groups in total. The number of aliphatic hydroxyl groups excluding tert-OH is 2. The molecule has 1 rings (SSSR count). The van der Waals surface area contributed by atoms with E-state index in [-0.39, 0.29) is 0 Å².